The first-order valence-electron chi connectivity index (χ1n) is 9.87. The van der Waals surface area contributed by atoms with Gasteiger partial charge in [-0.15, -0.1) is 0 Å². The molecule has 29 heavy (non-hydrogen) atoms. The predicted octanol–water partition coefficient (Wildman–Crippen LogP) is 3.40. The maximum Gasteiger partial charge on any atom is 0.404 e. The van der Waals surface area contributed by atoms with Gasteiger partial charge in [-0.05, 0) is 28.8 Å². The maximum atomic E-state index is 11.4. The van der Waals surface area contributed by atoms with Crippen LogP contribution in [0.3, 0.4) is 0 Å². The number of hydrogen-bond acceptors (Lipinski definition) is 4. The van der Waals surface area contributed by atoms with Crippen LogP contribution in [0.25, 0.3) is 0 Å². The van der Waals surface area contributed by atoms with Crippen LogP contribution in [0.2, 0.25) is 5.04 Å². The molecule has 1 atom stereocenters. The molecule has 0 saturated heterocycles. The van der Waals surface area contributed by atoms with E-state index in [-0.39, 0.29) is 17.4 Å². The summed E-state index contributed by atoms with van der Waals surface area (Å²) in [5.41, 5.74) is 5.26. The Balaban J connectivity index is 2.46. The molecule has 1 amide bonds. The molecule has 0 aliphatic carbocycles. The summed E-state index contributed by atoms with van der Waals surface area (Å²) in [4.78, 5) is 22.8. The highest BCUT2D eigenvalue weighted by atomic mass is 28.4. The van der Waals surface area contributed by atoms with Crippen molar-refractivity contribution in [2.75, 3.05) is 6.61 Å². The molecule has 0 spiro atoms. The Morgan fingerprint density at radius 2 is 1.45 bits per heavy atom. The Kier molecular flexibility index (Phi) is 7.76. The molecule has 2 rings (SSSR count). The highest BCUT2D eigenvalue weighted by Gasteiger charge is 2.50. The fourth-order valence-corrected chi connectivity index (χ4v) is 8.28. The Hall–Kier alpha value is -2.44. The molecule has 0 fully saturated rings. The summed E-state index contributed by atoms with van der Waals surface area (Å²) in [5.74, 6) is 0.0357. The molecule has 156 valence electrons. The van der Waals surface area contributed by atoms with Gasteiger partial charge in [0.2, 0.25) is 0 Å². The lowest BCUT2D eigenvalue weighted by atomic mass is 10.1. The number of ether oxygens (including phenoxy) is 1. The second kappa shape index (κ2) is 9.85. The van der Waals surface area contributed by atoms with Crippen molar-refractivity contribution in [3.63, 3.8) is 0 Å². The van der Waals surface area contributed by atoms with Gasteiger partial charge in [0.1, 0.15) is 11.9 Å². The molecular formula is C23H31NO4Si. The van der Waals surface area contributed by atoms with Gasteiger partial charge < -0.3 is 19.7 Å². The molecule has 0 aliphatic heterocycles. The fourth-order valence-electron chi connectivity index (χ4n) is 3.68. The third kappa shape index (κ3) is 5.77. The van der Waals surface area contributed by atoms with Crippen LogP contribution in [-0.2, 0) is 14.0 Å². The van der Waals surface area contributed by atoms with E-state index in [0.717, 1.165) is 10.4 Å². The third-order valence-corrected chi connectivity index (χ3v) is 10.0. The highest BCUT2D eigenvalue weighted by molar-refractivity contribution is 6.99. The predicted molar refractivity (Wildman–Crippen MR) is 118 cm³/mol. The molecule has 2 aromatic rings. The average Bonchev–Trinajstić information content (AvgIpc) is 2.66. The van der Waals surface area contributed by atoms with E-state index in [4.69, 9.17) is 14.9 Å². The molecule has 1 unspecified atom stereocenters. The van der Waals surface area contributed by atoms with Crippen LogP contribution in [0.1, 0.15) is 40.5 Å². The number of amides is 1. The van der Waals surface area contributed by atoms with Gasteiger partial charge in [0, 0.05) is 6.42 Å². The zero-order valence-corrected chi connectivity index (χ0v) is 18.7. The van der Waals surface area contributed by atoms with E-state index in [9.17, 15) is 9.59 Å². The zero-order valence-electron chi connectivity index (χ0n) is 17.7. The van der Waals surface area contributed by atoms with Gasteiger partial charge >= 0.3 is 6.09 Å². The summed E-state index contributed by atoms with van der Waals surface area (Å²) in [7, 11) is -2.74. The molecule has 0 radical (unpaired) electrons. The van der Waals surface area contributed by atoms with Gasteiger partial charge in [0.15, 0.2) is 0 Å². The van der Waals surface area contributed by atoms with Crippen LogP contribution >= 0.6 is 0 Å². The van der Waals surface area contributed by atoms with Crippen molar-refractivity contribution in [2.24, 2.45) is 5.73 Å². The zero-order chi connectivity index (χ0) is 21.5. The Morgan fingerprint density at radius 1 is 0.966 bits per heavy atom. The number of hydrogen-bond donors (Lipinski definition) is 1. The number of benzene rings is 2. The van der Waals surface area contributed by atoms with Crippen molar-refractivity contribution in [1.29, 1.82) is 0 Å². The van der Waals surface area contributed by atoms with Crippen molar-refractivity contribution in [3.8, 4) is 0 Å². The quantitative estimate of drug-likeness (QED) is 0.639. The molecule has 5 nitrogen and oxygen atoms in total. The Bertz CT molecular complexity index is 763. The number of Topliss-reactive ketones (excluding diaryl/α,β-unsaturated/α-hetero) is 1. The number of nitrogens with two attached hydrogens (primary N) is 1. The van der Waals surface area contributed by atoms with E-state index < -0.39 is 20.5 Å². The normalized spacial score (nSPS) is 13.0. The summed E-state index contributed by atoms with van der Waals surface area (Å²) >= 11 is 0. The summed E-state index contributed by atoms with van der Waals surface area (Å²) in [6, 6.07) is 20.4. The van der Waals surface area contributed by atoms with E-state index in [2.05, 4.69) is 45.0 Å². The van der Waals surface area contributed by atoms with Gasteiger partial charge in [0.25, 0.3) is 8.32 Å². The molecular weight excluding hydrogens is 382 g/mol. The molecule has 2 N–H and O–H groups in total. The number of carbonyl (C=O) groups is 2. The van der Waals surface area contributed by atoms with E-state index in [1.807, 2.05) is 36.4 Å². The molecule has 2 aromatic carbocycles. The van der Waals surface area contributed by atoms with Crippen LogP contribution in [0.5, 0.6) is 0 Å². The van der Waals surface area contributed by atoms with Crippen LogP contribution in [0.4, 0.5) is 4.79 Å². The lowest BCUT2D eigenvalue weighted by Gasteiger charge is -2.43. The minimum atomic E-state index is -2.74. The third-order valence-electron chi connectivity index (χ3n) is 5.00. The van der Waals surface area contributed by atoms with Crippen molar-refractivity contribution < 1.29 is 18.8 Å². The van der Waals surface area contributed by atoms with E-state index in [1.54, 1.807) is 0 Å². The SMILES string of the molecule is CC(=O)CCC(CO[Si](c1ccccc1)(c1ccccc1)C(C)(C)C)OC(N)=O. The molecule has 0 bridgehead atoms. The molecule has 0 aliphatic rings. The van der Waals surface area contributed by atoms with Crippen LogP contribution in [0, 0.1) is 0 Å². The Morgan fingerprint density at radius 3 is 1.83 bits per heavy atom. The maximum absolute atomic E-state index is 11.4. The lowest BCUT2D eigenvalue weighted by molar-refractivity contribution is -0.117. The largest absolute Gasteiger partial charge is 0.444 e. The standard InChI is InChI=1S/C23H31NO4Si/c1-18(25)15-16-19(28-22(24)26)17-27-29(23(2,3)4,20-11-7-5-8-12-20)21-13-9-6-10-14-21/h5-14,19H,15-17H2,1-4H3,(H2,24,26). The number of ketones is 1. The van der Waals surface area contributed by atoms with Crippen molar-refractivity contribution >= 4 is 30.6 Å². The number of rotatable bonds is 9. The van der Waals surface area contributed by atoms with Crippen LogP contribution in [0.15, 0.2) is 60.7 Å². The number of primary amides is 1. The topological polar surface area (TPSA) is 78.6 Å². The first-order chi connectivity index (χ1) is 13.7. The van der Waals surface area contributed by atoms with E-state index in [0.29, 0.717) is 12.8 Å². The van der Waals surface area contributed by atoms with Gasteiger partial charge in [0.05, 0.1) is 6.61 Å². The summed E-state index contributed by atoms with van der Waals surface area (Å²) < 4.78 is 12.0. The van der Waals surface area contributed by atoms with E-state index in [1.165, 1.54) is 6.92 Å². The summed E-state index contributed by atoms with van der Waals surface area (Å²) in [6.07, 6.45) is -0.735. The van der Waals surface area contributed by atoms with Crippen molar-refractivity contribution in [1.82, 2.24) is 0 Å². The Labute approximate surface area is 174 Å². The van der Waals surface area contributed by atoms with Crippen molar-refractivity contribution in [3.05, 3.63) is 60.7 Å². The highest BCUT2D eigenvalue weighted by Crippen LogP contribution is 2.37. The smallest absolute Gasteiger partial charge is 0.404 e. The van der Waals surface area contributed by atoms with Crippen LogP contribution < -0.4 is 16.1 Å². The van der Waals surface area contributed by atoms with Crippen LogP contribution in [-0.4, -0.2) is 32.9 Å². The first-order valence-corrected chi connectivity index (χ1v) is 11.8. The van der Waals surface area contributed by atoms with Gasteiger partial charge in [-0.2, -0.15) is 0 Å². The van der Waals surface area contributed by atoms with Crippen molar-refractivity contribution in [2.45, 2.75) is 51.7 Å². The molecule has 6 heteroatoms. The average molecular weight is 414 g/mol. The first kappa shape index (κ1) is 22.8. The second-order valence-electron chi connectivity index (χ2n) is 8.27. The minimum Gasteiger partial charge on any atom is -0.444 e. The molecule has 0 saturated carbocycles. The van der Waals surface area contributed by atoms with Gasteiger partial charge in [-0.3, -0.25) is 0 Å². The van der Waals surface area contributed by atoms with Gasteiger partial charge in [-0.25, -0.2) is 4.79 Å². The summed E-state index contributed by atoms with van der Waals surface area (Å²) in [5, 5.41) is 2.10. The monoisotopic (exact) mass is 413 g/mol. The number of carbonyl (C=O) groups excluding carboxylic acids is 2. The van der Waals surface area contributed by atoms with Gasteiger partial charge in [-0.1, -0.05) is 81.4 Å². The molecule has 0 aromatic heterocycles. The van der Waals surface area contributed by atoms with E-state index >= 15 is 0 Å². The summed E-state index contributed by atoms with van der Waals surface area (Å²) in [6.45, 7) is 8.24. The molecule has 0 heterocycles. The fraction of sp³-hybridized carbons (Fsp3) is 0.391. The lowest BCUT2D eigenvalue weighted by Crippen LogP contribution is -2.67. The minimum absolute atomic E-state index is 0.0357. The second-order valence-corrected chi connectivity index (χ2v) is 12.6.